The standard InChI is InChI=1S/C7H3N3O2/c8-2-4-1-5-3-9-12-7(5)10-6(4)11/h1,3H,(H,10,11). The lowest BCUT2D eigenvalue weighted by atomic mass is 10.2. The van der Waals surface area contributed by atoms with E-state index in [2.05, 4.69) is 14.7 Å². The SMILES string of the molecule is N#Cc1cc2cnoc2[nH]c1=O. The van der Waals surface area contributed by atoms with E-state index in [1.807, 2.05) is 0 Å². The summed E-state index contributed by atoms with van der Waals surface area (Å²) in [6.45, 7) is 0. The lowest BCUT2D eigenvalue weighted by Crippen LogP contribution is -2.08. The van der Waals surface area contributed by atoms with Crippen LogP contribution in [-0.4, -0.2) is 10.1 Å². The van der Waals surface area contributed by atoms with Gasteiger partial charge in [0.1, 0.15) is 11.6 Å². The average molecular weight is 161 g/mol. The minimum Gasteiger partial charge on any atom is -0.338 e. The predicted molar refractivity (Wildman–Crippen MR) is 39.3 cm³/mol. The van der Waals surface area contributed by atoms with Crippen LogP contribution in [0.5, 0.6) is 0 Å². The summed E-state index contributed by atoms with van der Waals surface area (Å²) in [6, 6.07) is 3.20. The number of H-pyrrole nitrogens is 1. The zero-order valence-electron chi connectivity index (χ0n) is 5.87. The largest absolute Gasteiger partial charge is 0.338 e. The second kappa shape index (κ2) is 2.20. The normalized spacial score (nSPS) is 9.92. The molecule has 5 nitrogen and oxygen atoms in total. The summed E-state index contributed by atoms with van der Waals surface area (Å²) in [5.74, 6) is 0. The monoisotopic (exact) mass is 161 g/mol. The Kier molecular flexibility index (Phi) is 1.21. The van der Waals surface area contributed by atoms with E-state index in [1.54, 1.807) is 6.07 Å². The first-order valence-electron chi connectivity index (χ1n) is 3.19. The van der Waals surface area contributed by atoms with Gasteiger partial charge in [0.15, 0.2) is 0 Å². The van der Waals surface area contributed by atoms with Crippen LogP contribution in [0, 0.1) is 11.3 Å². The quantitative estimate of drug-likeness (QED) is 0.605. The molecule has 5 heteroatoms. The molecule has 0 radical (unpaired) electrons. The first-order valence-corrected chi connectivity index (χ1v) is 3.19. The number of fused-ring (bicyclic) bond motifs is 1. The fourth-order valence-corrected chi connectivity index (χ4v) is 0.920. The van der Waals surface area contributed by atoms with Gasteiger partial charge in [-0.3, -0.25) is 9.78 Å². The molecule has 2 rings (SSSR count). The summed E-state index contributed by atoms with van der Waals surface area (Å²) in [5, 5.41) is 12.6. The van der Waals surface area contributed by atoms with Crippen molar-refractivity contribution in [3.63, 3.8) is 0 Å². The molecule has 0 saturated heterocycles. The maximum Gasteiger partial charge on any atom is 0.268 e. The molecule has 2 heterocycles. The molecule has 12 heavy (non-hydrogen) atoms. The topological polar surface area (TPSA) is 82.7 Å². The van der Waals surface area contributed by atoms with Gasteiger partial charge in [-0.25, -0.2) is 0 Å². The Labute approximate surface area is 66.2 Å². The van der Waals surface area contributed by atoms with E-state index in [-0.39, 0.29) is 5.56 Å². The number of pyridine rings is 1. The molecule has 2 aromatic rings. The molecule has 0 amide bonds. The molecule has 0 fully saturated rings. The van der Waals surface area contributed by atoms with Gasteiger partial charge >= 0.3 is 0 Å². The average Bonchev–Trinajstić information content (AvgIpc) is 2.49. The van der Waals surface area contributed by atoms with Crippen LogP contribution >= 0.6 is 0 Å². The molecule has 0 unspecified atom stereocenters. The number of hydrogen-bond donors (Lipinski definition) is 1. The first kappa shape index (κ1) is 6.61. The third-order valence-electron chi connectivity index (χ3n) is 1.49. The van der Waals surface area contributed by atoms with Gasteiger partial charge in [0.25, 0.3) is 5.56 Å². The highest BCUT2D eigenvalue weighted by molar-refractivity contribution is 5.72. The van der Waals surface area contributed by atoms with E-state index < -0.39 is 5.56 Å². The van der Waals surface area contributed by atoms with Crippen LogP contribution in [0.4, 0.5) is 0 Å². The van der Waals surface area contributed by atoms with E-state index in [0.717, 1.165) is 0 Å². The fourth-order valence-electron chi connectivity index (χ4n) is 0.920. The van der Waals surface area contributed by atoms with E-state index in [1.165, 1.54) is 12.3 Å². The van der Waals surface area contributed by atoms with Crippen molar-refractivity contribution in [2.45, 2.75) is 0 Å². The Bertz CT molecular complexity index is 517. The number of aromatic amines is 1. The highest BCUT2D eigenvalue weighted by atomic mass is 16.5. The van der Waals surface area contributed by atoms with Gasteiger partial charge in [0, 0.05) is 0 Å². The van der Waals surface area contributed by atoms with Crippen molar-refractivity contribution in [2.75, 3.05) is 0 Å². The molecular formula is C7H3N3O2. The van der Waals surface area contributed by atoms with E-state index in [4.69, 9.17) is 5.26 Å². The second-order valence-corrected chi connectivity index (χ2v) is 2.23. The summed E-state index contributed by atoms with van der Waals surface area (Å²) in [5.41, 5.74) is -0.105. The minimum absolute atomic E-state index is 0.0608. The zero-order valence-corrected chi connectivity index (χ0v) is 5.87. The fraction of sp³-hybridized carbons (Fsp3) is 0. The van der Waals surface area contributed by atoms with Crippen LogP contribution in [-0.2, 0) is 0 Å². The summed E-state index contributed by atoms with van der Waals surface area (Å²) >= 11 is 0. The van der Waals surface area contributed by atoms with Crippen LogP contribution in [0.15, 0.2) is 21.6 Å². The smallest absolute Gasteiger partial charge is 0.268 e. The number of nitrogens with zero attached hydrogens (tertiary/aromatic N) is 2. The summed E-state index contributed by atoms with van der Waals surface area (Å²) < 4.78 is 4.68. The van der Waals surface area contributed by atoms with Crippen molar-refractivity contribution in [3.05, 3.63) is 28.2 Å². The van der Waals surface area contributed by atoms with E-state index in [0.29, 0.717) is 11.1 Å². The van der Waals surface area contributed by atoms with Gasteiger partial charge in [0.05, 0.1) is 11.6 Å². The molecule has 0 aliphatic rings. The summed E-state index contributed by atoms with van der Waals surface area (Å²) in [4.78, 5) is 13.4. The Morgan fingerprint density at radius 3 is 3.25 bits per heavy atom. The second-order valence-electron chi connectivity index (χ2n) is 2.23. The molecule has 1 N–H and O–H groups in total. The third kappa shape index (κ3) is 0.787. The molecule has 0 saturated carbocycles. The predicted octanol–water partition coefficient (Wildman–Crippen LogP) is 0.388. The Morgan fingerprint density at radius 2 is 2.50 bits per heavy atom. The maximum atomic E-state index is 11.0. The van der Waals surface area contributed by atoms with Gasteiger partial charge in [-0.15, -0.1) is 0 Å². The Hall–Kier alpha value is -2.09. The van der Waals surface area contributed by atoms with Crippen LogP contribution in [0.1, 0.15) is 5.56 Å². The Morgan fingerprint density at radius 1 is 1.67 bits per heavy atom. The van der Waals surface area contributed by atoms with Crippen molar-refractivity contribution in [2.24, 2.45) is 0 Å². The van der Waals surface area contributed by atoms with Crippen LogP contribution in [0.2, 0.25) is 0 Å². The molecule has 0 aromatic carbocycles. The van der Waals surface area contributed by atoms with Gasteiger partial charge < -0.3 is 4.52 Å². The van der Waals surface area contributed by atoms with E-state index >= 15 is 0 Å². The highest BCUT2D eigenvalue weighted by Crippen LogP contribution is 2.07. The zero-order chi connectivity index (χ0) is 8.55. The third-order valence-corrected chi connectivity index (χ3v) is 1.49. The maximum absolute atomic E-state index is 11.0. The molecule has 0 aliphatic heterocycles. The number of aromatic nitrogens is 2. The number of rotatable bonds is 0. The van der Waals surface area contributed by atoms with Crippen LogP contribution in [0.3, 0.4) is 0 Å². The number of hydrogen-bond acceptors (Lipinski definition) is 4. The van der Waals surface area contributed by atoms with Crippen molar-refractivity contribution in [1.29, 1.82) is 5.26 Å². The van der Waals surface area contributed by atoms with E-state index in [9.17, 15) is 4.79 Å². The van der Waals surface area contributed by atoms with Crippen molar-refractivity contribution in [1.82, 2.24) is 10.1 Å². The van der Waals surface area contributed by atoms with Gasteiger partial charge in [-0.05, 0) is 6.07 Å². The molecule has 58 valence electrons. The van der Waals surface area contributed by atoms with Gasteiger partial charge in [-0.1, -0.05) is 5.16 Å². The van der Waals surface area contributed by atoms with Gasteiger partial charge in [0.2, 0.25) is 5.71 Å². The summed E-state index contributed by atoms with van der Waals surface area (Å²) in [6.07, 6.45) is 1.44. The van der Waals surface area contributed by atoms with Crippen LogP contribution < -0.4 is 5.56 Å². The number of nitriles is 1. The molecular weight excluding hydrogens is 158 g/mol. The van der Waals surface area contributed by atoms with Gasteiger partial charge in [-0.2, -0.15) is 5.26 Å². The molecule has 0 spiro atoms. The summed E-state index contributed by atoms with van der Waals surface area (Å²) in [7, 11) is 0. The van der Waals surface area contributed by atoms with Crippen molar-refractivity contribution < 1.29 is 4.52 Å². The molecule has 0 bridgehead atoms. The molecule has 0 aliphatic carbocycles. The molecule has 0 atom stereocenters. The molecule has 2 aromatic heterocycles. The Balaban J connectivity index is 2.93. The minimum atomic E-state index is -0.457. The number of nitrogens with one attached hydrogen (secondary N) is 1. The van der Waals surface area contributed by atoms with Crippen molar-refractivity contribution in [3.8, 4) is 6.07 Å². The lowest BCUT2D eigenvalue weighted by molar-refractivity contribution is 0.448. The van der Waals surface area contributed by atoms with Crippen molar-refractivity contribution >= 4 is 11.1 Å². The lowest BCUT2D eigenvalue weighted by Gasteiger charge is -1.86. The highest BCUT2D eigenvalue weighted by Gasteiger charge is 2.03. The van der Waals surface area contributed by atoms with Crippen LogP contribution in [0.25, 0.3) is 11.1 Å². The first-order chi connectivity index (χ1) is 5.81.